The topological polar surface area (TPSA) is 6.48 Å². The minimum atomic E-state index is 0.711. The average molecular weight is 268 g/mol. The van der Waals surface area contributed by atoms with E-state index in [2.05, 4.69) is 51.6 Å². The third-order valence-electron chi connectivity index (χ3n) is 2.31. The molecule has 0 aromatic heterocycles. The standard InChI is InChI=1S/C8H17IN2/c1-7(2)10-4-5-11(9)8(3)6-10/h7-8H,4-6H2,1-3H3. The number of rotatable bonds is 1. The van der Waals surface area contributed by atoms with Crippen LogP contribution in [0.25, 0.3) is 0 Å². The van der Waals surface area contributed by atoms with Gasteiger partial charge in [-0.1, -0.05) is 0 Å². The first kappa shape index (κ1) is 9.74. The minimum absolute atomic E-state index is 0.711. The molecule has 1 fully saturated rings. The van der Waals surface area contributed by atoms with Crippen molar-refractivity contribution >= 4 is 22.9 Å². The first-order chi connectivity index (χ1) is 5.11. The van der Waals surface area contributed by atoms with Gasteiger partial charge in [-0.25, -0.2) is 3.11 Å². The Balaban J connectivity index is 2.40. The minimum Gasteiger partial charge on any atom is -0.298 e. The molecule has 0 saturated carbocycles. The molecule has 3 heteroatoms. The predicted molar refractivity (Wildman–Crippen MR) is 56.9 cm³/mol. The molecule has 1 saturated heterocycles. The maximum Gasteiger partial charge on any atom is 0.0293 e. The lowest BCUT2D eigenvalue weighted by Gasteiger charge is -2.38. The fourth-order valence-corrected chi connectivity index (χ4v) is 1.82. The summed E-state index contributed by atoms with van der Waals surface area (Å²) in [6.07, 6.45) is 0. The summed E-state index contributed by atoms with van der Waals surface area (Å²) >= 11 is 2.42. The van der Waals surface area contributed by atoms with Crippen molar-refractivity contribution in [3.8, 4) is 0 Å². The first-order valence-electron chi connectivity index (χ1n) is 4.27. The molecule has 1 heterocycles. The van der Waals surface area contributed by atoms with Gasteiger partial charge < -0.3 is 0 Å². The van der Waals surface area contributed by atoms with Crippen LogP contribution in [-0.2, 0) is 0 Å². The third kappa shape index (κ3) is 2.56. The Morgan fingerprint density at radius 1 is 1.36 bits per heavy atom. The molecular formula is C8H17IN2. The molecule has 1 aliphatic rings. The van der Waals surface area contributed by atoms with Gasteiger partial charge in [-0.15, -0.1) is 0 Å². The molecule has 1 unspecified atom stereocenters. The molecule has 0 N–H and O–H groups in total. The summed E-state index contributed by atoms with van der Waals surface area (Å²) in [5, 5.41) is 0. The fourth-order valence-electron chi connectivity index (χ4n) is 1.43. The van der Waals surface area contributed by atoms with Crippen molar-refractivity contribution in [1.82, 2.24) is 8.01 Å². The van der Waals surface area contributed by atoms with Gasteiger partial charge in [0.25, 0.3) is 0 Å². The lowest BCUT2D eigenvalue weighted by atomic mass is 10.2. The van der Waals surface area contributed by atoms with E-state index < -0.39 is 0 Å². The summed E-state index contributed by atoms with van der Waals surface area (Å²) in [6.45, 7) is 10.5. The van der Waals surface area contributed by atoms with E-state index in [1.807, 2.05) is 0 Å². The molecular weight excluding hydrogens is 251 g/mol. The Bertz CT molecular complexity index is 127. The highest BCUT2D eigenvalue weighted by atomic mass is 127. The summed E-state index contributed by atoms with van der Waals surface area (Å²) in [7, 11) is 0. The SMILES string of the molecule is CC1CN(C(C)C)CCN1I. The molecule has 0 bridgehead atoms. The molecule has 0 amide bonds. The van der Waals surface area contributed by atoms with Crippen LogP contribution in [0.2, 0.25) is 0 Å². The van der Waals surface area contributed by atoms with Crippen molar-refractivity contribution in [3.05, 3.63) is 0 Å². The predicted octanol–water partition coefficient (Wildman–Crippen LogP) is 1.75. The quantitative estimate of drug-likeness (QED) is 0.528. The molecule has 0 radical (unpaired) electrons. The zero-order valence-corrected chi connectivity index (χ0v) is 9.71. The molecule has 1 rings (SSSR count). The normalized spacial score (nSPS) is 29.7. The van der Waals surface area contributed by atoms with Gasteiger partial charge in [-0.3, -0.25) is 4.90 Å². The summed E-state index contributed by atoms with van der Waals surface area (Å²) in [6, 6.07) is 1.43. The second-order valence-electron chi connectivity index (χ2n) is 3.56. The Labute approximate surface area is 83.4 Å². The molecule has 11 heavy (non-hydrogen) atoms. The maximum absolute atomic E-state index is 2.54. The van der Waals surface area contributed by atoms with E-state index in [1.165, 1.54) is 19.6 Å². The zero-order chi connectivity index (χ0) is 8.43. The van der Waals surface area contributed by atoms with Crippen molar-refractivity contribution in [2.24, 2.45) is 0 Å². The van der Waals surface area contributed by atoms with Gasteiger partial charge in [0.2, 0.25) is 0 Å². The Hall–Kier alpha value is 0.650. The van der Waals surface area contributed by atoms with Crippen LogP contribution in [0, 0.1) is 0 Å². The van der Waals surface area contributed by atoms with Gasteiger partial charge in [0, 0.05) is 54.6 Å². The second kappa shape index (κ2) is 4.05. The fraction of sp³-hybridized carbons (Fsp3) is 1.00. The number of halogens is 1. The van der Waals surface area contributed by atoms with Crippen LogP contribution in [0.3, 0.4) is 0 Å². The van der Waals surface area contributed by atoms with Crippen molar-refractivity contribution in [2.75, 3.05) is 19.6 Å². The summed E-state index contributed by atoms with van der Waals surface area (Å²) < 4.78 is 2.40. The van der Waals surface area contributed by atoms with Gasteiger partial charge in [0.05, 0.1) is 0 Å². The van der Waals surface area contributed by atoms with E-state index in [9.17, 15) is 0 Å². The summed E-state index contributed by atoms with van der Waals surface area (Å²) in [5.74, 6) is 0. The van der Waals surface area contributed by atoms with E-state index in [0.717, 1.165) is 0 Å². The number of piperazine rings is 1. The van der Waals surface area contributed by atoms with Gasteiger partial charge >= 0.3 is 0 Å². The highest BCUT2D eigenvalue weighted by molar-refractivity contribution is 14.1. The molecule has 1 aliphatic heterocycles. The van der Waals surface area contributed by atoms with Crippen LogP contribution in [0.1, 0.15) is 20.8 Å². The van der Waals surface area contributed by atoms with Gasteiger partial charge in [0.1, 0.15) is 0 Å². The third-order valence-corrected chi connectivity index (χ3v) is 3.74. The van der Waals surface area contributed by atoms with Crippen molar-refractivity contribution in [1.29, 1.82) is 0 Å². The van der Waals surface area contributed by atoms with E-state index in [1.54, 1.807) is 0 Å². The van der Waals surface area contributed by atoms with Crippen LogP contribution in [0.15, 0.2) is 0 Å². The zero-order valence-electron chi connectivity index (χ0n) is 7.55. The maximum atomic E-state index is 2.54. The molecule has 0 aromatic carbocycles. The lowest BCUT2D eigenvalue weighted by molar-refractivity contribution is 0.132. The number of hydrogen-bond acceptors (Lipinski definition) is 2. The van der Waals surface area contributed by atoms with Gasteiger partial charge in [-0.2, -0.15) is 0 Å². The van der Waals surface area contributed by atoms with Crippen molar-refractivity contribution in [2.45, 2.75) is 32.9 Å². The monoisotopic (exact) mass is 268 g/mol. The molecule has 0 aromatic rings. The summed E-state index contributed by atoms with van der Waals surface area (Å²) in [4.78, 5) is 2.54. The smallest absolute Gasteiger partial charge is 0.0293 e. The van der Waals surface area contributed by atoms with Crippen LogP contribution in [-0.4, -0.2) is 39.7 Å². The Morgan fingerprint density at radius 3 is 2.45 bits per heavy atom. The van der Waals surface area contributed by atoms with E-state index >= 15 is 0 Å². The second-order valence-corrected chi connectivity index (χ2v) is 4.80. The number of nitrogens with zero attached hydrogens (tertiary/aromatic N) is 2. The summed E-state index contributed by atoms with van der Waals surface area (Å²) in [5.41, 5.74) is 0. The van der Waals surface area contributed by atoms with Crippen molar-refractivity contribution < 1.29 is 0 Å². The molecule has 2 nitrogen and oxygen atoms in total. The Morgan fingerprint density at radius 2 is 2.00 bits per heavy atom. The molecule has 0 aliphatic carbocycles. The van der Waals surface area contributed by atoms with Crippen LogP contribution < -0.4 is 0 Å². The molecule has 1 atom stereocenters. The van der Waals surface area contributed by atoms with Crippen molar-refractivity contribution in [3.63, 3.8) is 0 Å². The largest absolute Gasteiger partial charge is 0.298 e. The lowest BCUT2D eigenvalue weighted by Crippen LogP contribution is -2.50. The van der Waals surface area contributed by atoms with Gasteiger partial charge in [-0.05, 0) is 20.8 Å². The van der Waals surface area contributed by atoms with Crippen LogP contribution in [0.5, 0.6) is 0 Å². The molecule has 66 valence electrons. The first-order valence-corrected chi connectivity index (χ1v) is 5.24. The van der Waals surface area contributed by atoms with Crippen LogP contribution >= 0.6 is 22.9 Å². The highest BCUT2D eigenvalue weighted by Gasteiger charge is 2.22. The highest BCUT2D eigenvalue weighted by Crippen LogP contribution is 2.15. The van der Waals surface area contributed by atoms with Gasteiger partial charge in [0.15, 0.2) is 0 Å². The molecule has 0 spiro atoms. The number of hydrogen-bond donors (Lipinski definition) is 0. The average Bonchev–Trinajstić information content (AvgIpc) is 1.94. The van der Waals surface area contributed by atoms with E-state index in [0.29, 0.717) is 12.1 Å². The van der Waals surface area contributed by atoms with E-state index in [-0.39, 0.29) is 0 Å². The Kier molecular flexibility index (Phi) is 3.58. The van der Waals surface area contributed by atoms with E-state index in [4.69, 9.17) is 0 Å². The van der Waals surface area contributed by atoms with Crippen LogP contribution in [0.4, 0.5) is 0 Å².